The van der Waals surface area contributed by atoms with Crippen LogP contribution in [0.3, 0.4) is 0 Å². The zero-order valence-corrected chi connectivity index (χ0v) is 26.0. The van der Waals surface area contributed by atoms with E-state index in [9.17, 15) is 10.1 Å². The molecule has 0 N–H and O–H groups in total. The van der Waals surface area contributed by atoms with Gasteiger partial charge in [-0.25, -0.2) is 0 Å². The van der Waals surface area contributed by atoms with E-state index >= 15 is 0 Å². The van der Waals surface area contributed by atoms with Crippen LogP contribution in [0.1, 0.15) is 87.8 Å². The van der Waals surface area contributed by atoms with E-state index in [0.29, 0.717) is 29.7 Å². The molecule has 0 radical (unpaired) electrons. The molecule has 1 amide bonds. The van der Waals surface area contributed by atoms with Crippen molar-refractivity contribution in [3.63, 3.8) is 0 Å². The minimum Gasteiger partial charge on any atom is -0.490 e. The van der Waals surface area contributed by atoms with Gasteiger partial charge in [0.1, 0.15) is 6.61 Å². The van der Waals surface area contributed by atoms with Crippen LogP contribution in [0.2, 0.25) is 0 Å². The molecule has 210 valence electrons. The van der Waals surface area contributed by atoms with Gasteiger partial charge in [0.05, 0.1) is 32.8 Å². The van der Waals surface area contributed by atoms with Gasteiger partial charge in [0.25, 0.3) is 5.91 Å². The molecule has 0 aromatic heterocycles. The van der Waals surface area contributed by atoms with Crippen molar-refractivity contribution in [3.8, 4) is 17.6 Å². The normalized spacial score (nSPS) is 20.7. The van der Waals surface area contributed by atoms with Gasteiger partial charge in [0.15, 0.2) is 16.7 Å². The highest BCUT2D eigenvalue weighted by Gasteiger charge is 2.39. The number of ether oxygens (including phenoxy) is 2. The van der Waals surface area contributed by atoms with Crippen LogP contribution in [0.4, 0.5) is 0 Å². The molecule has 1 heterocycles. The van der Waals surface area contributed by atoms with Gasteiger partial charge in [-0.15, -0.1) is 0 Å². The molecule has 40 heavy (non-hydrogen) atoms. The fourth-order valence-electron chi connectivity index (χ4n) is 5.73. The Kier molecular flexibility index (Phi) is 10.1. The van der Waals surface area contributed by atoms with Crippen LogP contribution in [0.5, 0.6) is 11.5 Å². The van der Waals surface area contributed by atoms with Crippen molar-refractivity contribution in [1.29, 1.82) is 5.26 Å². The number of amides is 1. The molecule has 2 aromatic rings. The first kappa shape index (κ1) is 29.0. The number of halogens is 1. The topological polar surface area (TPSA) is 74.9 Å². The van der Waals surface area contributed by atoms with Gasteiger partial charge in [0, 0.05) is 11.6 Å². The smallest absolute Gasteiger partial charge is 0.266 e. The van der Waals surface area contributed by atoms with Gasteiger partial charge in [-0.2, -0.15) is 5.26 Å². The van der Waals surface area contributed by atoms with Crippen molar-refractivity contribution < 1.29 is 14.3 Å². The molecule has 1 saturated heterocycles. The molecule has 6 nitrogen and oxygen atoms in total. The molecule has 3 fully saturated rings. The average Bonchev–Trinajstić information content (AvgIpc) is 3.27. The standard InChI is InChI=1S/C32H36IN3O3S/c1-2-38-28-18-22(17-27(33)30(28)39-21-24-12-10-9-11-23(24)20-34)19-29-31(37)36(26-15-7-4-8-16-26)32(40-29)35-25-13-5-3-6-14-25/h9-12,17-19,25-26H,2-8,13-16,21H2,1H3. The van der Waals surface area contributed by atoms with E-state index in [-0.39, 0.29) is 18.6 Å². The van der Waals surface area contributed by atoms with Gasteiger partial charge < -0.3 is 9.47 Å². The van der Waals surface area contributed by atoms with E-state index in [2.05, 4.69) is 28.7 Å². The SMILES string of the molecule is CCOc1cc(C=C2SC(=NC3CCCCC3)N(C3CCCCC3)C2=O)cc(I)c1OCc1ccccc1C#N. The first-order valence-electron chi connectivity index (χ1n) is 14.5. The summed E-state index contributed by atoms with van der Waals surface area (Å²) in [5.41, 5.74) is 2.33. The maximum Gasteiger partial charge on any atom is 0.266 e. The van der Waals surface area contributed by atoms with E-state index in [1.54, 1.807) is 6.07 Å². The first-order chi connectivity index (χ1) is 19.6. The molecule has 5 rings (SSSR count). The summed E-state index contributed by atoms with van der Waals surface area (Å²) in [5.74, 6) is 1.35. The second kappa shape index (κ2) is 13.9. The summed E-state index contributed by atoms with van der Waals surface area (Å²) in [5, 5.41) is 10.3. The number of carbonyl (C=O) groups is 1. The largest absolute Gasteiger partial charge is 0.490 e. The van der Waals surface area contributed by atoms with Crippen molar-refractivity contribution in [1.82, 2.24) is 4.90 Å². The quantitative estimate of drug-likeness (QED) is 0.210. The number of hydrogen-bond acceptors (Lipinski definition) is 6. The number of nitrogens with zero attached hydrogens (tertiary/aromatic N) is 3. The number of benzene rings is 2. The van der Waals surface area contributed by atoms with Gasteiger partial charge in [-0.1, -0.05) is 56.7 Å². The van der Waals surface area contributed by atoms with Crippen LogP contribution < -0.4 is 9.47 Å². The molecule has 2 aliphatic carbocycles. The molecular formula is C32H36IN3O3S. The number of aliphatic imine (C=N–C) groups is 1. The molecule has 0 atom stereocenters. The third kappa shape index (κ3) is 6.85. The van der Waals surface area contributed by atoms with Gasteiger partial charge in [-0.3, -0.25) is 14.7 Å². The van der Waals surface area contributed by atoms with Gasteiger partial charge in [-0.05, 0) is 96.8 Å². The summed E-state index contributed by atoms with van der Waals surface area (Å²) in [4.78, 5) is 21.7. The molecule has 0 unspecified atom stereocenters. The molecule has 0 bridgehead atoms. The Hall–Kier alpha value is -2.51. The lowest BCUT2D eigenvalue weighted by molar-refractivity contribution is -0.124. The van der Waals surface area contributed by atoms with E-state index in [1.807, 2.05) is 48.2 Å². The lowest BCUT2D eigenvalue weighted by Gasteiger charge is -2.31. The Labute approximate surface area is 255 Å². The van der Waals surface area contributed by atoms with E-state index in [4.69, 9.17) is 14.5 Å². The highest BCUT2D eigenvalue weighted by molar-refractivity contribution is 14.1. The summed E-state index contributed by atoms with van der Waals surface area (Å²) in [6.45, 7) is 2.70. The molecule has 2 saturated carbocycles. The van der Waals surface area contributed by atoms with Crippen LogP contribution in [-0.4, -0.2) is 34.7 Å². The molecule has 2 aromatic carbocycles. The van der Waals surface area contributed by atoms with Crippen LogP contribution in [0.15, 0.2) is 46.3 Å². The summed E-state index contributed by atoms with van der Waals surface area (Å²) >= 11 is 3.79. The summed E-state index contributed by atoms with van der Waals surface area (Å²) in [6, 6.07) is 14.2. The number of thioether (sulfide) groups is 1. The molecule has 8 heteroatoms. The minimum atomic E-state index is 0.0767. The predicted molar refractivity (Wildman–Crippen MR) is 169 cm³/mol. The fourth-order valence-corrected chi connectivity index (χ4v) is 7.63. The molecular weight excluding hydrogens is 633 g/mol. The Morgan fingerprint density at radius 3 is 2.52 bits per heavy atom. The van der Waals surface area contributed by atoms with E-state index < -0.39 is 0 Å². The van der Waals surface area contributed by atoms with Crippen LogP contribution in [0.25, 0.3) is 6.08 Å². The van der Waals surface area contributed by atoms with Crippen LogP contribution >= 0.6 is 34.4 Å². The predicted octanol–water partition coefficient (Wildman–Crippen LogP) is 8.08. The molecule has 0 spiro atoms. The second-order valence-corrected chi connectivity index (χ2v) is 12.8. The van der Waals surface area contributed by atoms with Crippen molar-refractivity contribution in [3.05, 3.63) is 61.6 Å². The first-order valence-corrected chi connectivity index (χ1v) is 16.3. The average molecular weight is 670 g/mol. The van der Waals surface area contributed by atoms with E-state index in [1.165, 1.54) is 50.3 Å². The van der Waals surface area contributed by atoms with Crippen molar-refractivity contribution in [2.75, 3.05) is 6.61 Å². The Balaban J connectivity index is 1.42. The Morgan fingerprint density at radius 2 is 1.80 bits per heavy atom. The van der Waals surface area contributed by atoms with Crippen molar-refractivity contribution >= 4 is 51.5 Å². The zero-order valence-electron chi connectivity index (χ0n) is 23.0. The number of rotatable bonds is 8. The highest BCUT2D eigenvalue weighted by atomic mass is 127. The maximum absolute atomic E-state index is 13.8. The van der Waals surface area contributed by atoms with Gasteiger partial charge in [0.2, 0.25) is 0 Å². The summed E-state index contributed by atoms with van der Waals surface area (Å²) in [6.07, 6.45) is 13.6. The zero-order chi connectivity index (χ0) is 27.9. The van der Waals surface area contributed by atoms with E-state index in [0.717, 1.165) is 50.5 Å². The molecule has 3 aliphatic rings. The Bertz CT molecular complexity index is 1320. The number of hydrogen-bond donors (Lipinski definition) is 0. The van der Waals surface area contributed by atoms with Crippen LogP contribution in [-0.2, 0) is 11.4 Å². The minimum absolute atomic E-state index is 0.0767. The number of amidine groups is 1. The third-order valence-electron chi connectivity index (χ3n) is 7.78. The third-order valence-corrected chi connectivity index (χ3v) is 9.58. The number of nitriles is 1. The van der Waals surface area contributed by atoms with Gasteiger partial charge >= 0.3 is 0 Å². The summed E-state index contributed by atoms with van der Waals surface area (Å²) in [7, 11) is 0. The fraction of sp³-hybridized carbons (Fsp3) is 0.469. The Morgan fingerprint density at radius 1 is 1.07 bits per heavy atom. The maximum atomic E-state index is 13.8. The molecule has 1 aliphatic heterocycles. The van der Waals surface area contributed by atoms with Crippen molar-refractivity contribution in [2.45, 2.75) is 89.8 Å². The lowest BCUT2D eigenvalue weighted by Crippen LogP contribution is -2.41. The summed E-state index contributed by atoms with van der Waals surface area (Å²) < 4.78 is 13.1. The highest BCUT2D eigenvalue weighted by Crippen LogP contribution is 2.40. The second-order valence-electron chi connectivity index (χ2n) is 10.6. The lowest BCUT2D eigenvalue weighted by atomic mass is 9.94. The number of carbonyl (C=O) groups excluding carboxylic acids is 1. The van der Waals surface area contributed by atoms with Crippen LogP contribution in [0, 0.1) is 14.9 Å². The monoisotopic (exact) mass is 669 g/mol. The van der Waals surface area contributed by atoms with Crippen molar-refractivity contribution in [2.24, 2.45) is 4.99 Å².